The average molecular weight is 345 g/mol. The summed E-state index contributed by atoms with van der Waals surface area (Å²) >= 11 is 5.82. The molecule has 0 saturated carbocycles. The number of rotatable bonds is 4. The molecular weight excluding hydrogens is 324 g/mol. The van der Waals surface area contributed by atoms with Gasteiger partial charge in [-0.3, -0.25) is 4.90 Å². The van der Waals surface area contributed by atoms with Crippen LogP contribution in [0.5, 0.6) is 0 Å². The Morgan fingerprint density at radius 2 is 2.05 bits per heavy atom. The van der Waals surface area contributed by atoms with Gasteiger partial charge in [0.2, 0.25) is 10.0 Å². The number of hydrogen-bond donors (Lipinski definition) is 1. The zero-order chi connectivity index (χ0) is 15.7. The fourth-order valence-electron chi connectivity index (χ4n) is 3.22. The van der Waals surface area contributed by atoms with E-state index in [1.54, 1.807) is 24.3 Å². The lowest BCUT2D eigenvalue weighted by atomic mass is 10.2. The molecule has 0 spiro atoms. The number of benzene rings is 1. The van der Waals surface area contributed by atoms with Crippen LogP contribution in [0.1, 0.15) is 18.9 Å². The van der Waals surface area contributed by atoms with Crippen molar-refractivity contribution >= 4 is 21.6 Å². The standard InChI is InChI=1S/C15H21ClN2O3S/c1-11-7-18-8-14(6-15(18)9-21-11)17-22(19,20)10-12-2-4-13(16)5-3-12/h2-5,11,14-15,17H,6-10H2,1H3/t11-,14+,15+/m1/s1. The first-order chi connectivity index (χ1) is 10.4. The normalized spacial score (nSPS) is 29.5. The number of fused-ring (bicyclic) bond motifs is 1. The SMILES string of the molecule is C[C@@H]1CN2C[C@@H](NS(=O)(=O)Cc3ccc(Cl)cc3)C[C@H]2CO1. The van der Waals surface area contributed by atoms with Gasteiger partial charge in [-0.1, -0.05) is 23.7 Å². The molecule has 0 unspecified atom stereocenters. The lowest BCUT2D eigenvalue weighted by molar-refractivity contribution is -0.0390. The van der Waals surface area contributed by atoms with Gasteiger partial charge in [0.15, 0.2) is 0 Å². The smallest absolute Gasteiger partial charge is 0.216 e. The van der Waals surface area contributed by atoms with E-state index in [0.29, 0.717) is 17.7 Å². The number of halogens is 1. The predicted molar refractivity (Wildman–Crippen MR) is 86.4 cm³/mol. The molecule has 2 saturated heterocycles. The Morgan fingerprint density at radius 3 is 2.77 bits per heavy atom. The summed E-state index contributed by atoms with van der Waals surface area (Å²) in [6.07, 6.45) is 1.03. The lowest BCUT2D eigenvalue weighted by Gasteiger charge is -2.33. The Bertz CT molecular complexity index is 620. The van der Waals surface area contributed by atoms with E-state index >= 15 is 0 Å². The van der Waals surface area contributed by atoms with Crippen LogP contribution < -0.4 is 4.72 Å². The highest BCUT2D eigenvalue weighted by Crippen LogP contribution is 2.24. The van der Waals surface area contributed by atoms with Crippen molar-refractivity contribution in [2.45, 2.75) is 37.3 Å². The third-order valence-electron chi connectivity index (χ3n) is 4.21. The fourth-order valence-corrected chi connectivity index (χ4v) is 4.74. The van der Waals surface area contributed by atoms with Crippen LogP contribution in [-0.4, -0.2) is 51.2 Å². The molecule has 3 rings (SSSR count). The first-order valence-corrected chi connectivity index (χ1v) is 9.54. The van der Waals surface area contributed by atoms with Crippen molar-refractivity contribution in [3.8, 4) is 0 Å². The van der Waals surface area contributed by atoms with Gasteiger partial charge in [0.1, 0.15) is 0 Å². The van der Waals surface area contributed by atoms with E-state index in [1.165, 1.54) is 0 Å². The Balaban J connectivity index is 1.59. The largest absolute Gasteiger partial charge is 0.376 e. The molecule has 1 aromatic rings. The maximum Gasteiger partial charge on any atom is 0.216 e. The first-order valence-electron chi connectivity index (χ1n) is 7.51. The molecule has 1 aromatic carbocycles. The highest BCUT2D eigenvalue weighted by Gasteiger charge is 2.37. The van der Waals surface area contributed by atoms with Gasteiger partial charge in [0.25, 0.3) is 0 Å². The van der Waals surface area contributed by atoms with Gasteiger partial charge in [-0.25, -0.2) is 13.1 Å². The first kappa shape index (κ1) is 16.2. The van der Waals surface area contributed by atoms with Crippen LogP contribution >= 0.6 is 11.6 Å². The molecule has 2 aliphatic rings. The summed E-state index contributed by atoms with van der Waals surface area (Å²) < 4.78 is 33.1. The van der Waals surface area contributed by atoms with Crippen molar-refractivity contribution in [2.24, 2.45) is 0 Å². The molecule has 2 aliphatic heterocycles. The Hall–Kier alpha value is -0.660. The van der Waals surface area contributed by atoms with Crippen LogP contribution in [0.2, 0.25) is 5.02 Å². The number of nitrogens with one attached hydrogen (secondary N) is 1. The highest BCUT2D eigenvalue weighted by molar-refractivity contribution is 7.88. The average Bonchev–Trinajstić information content (AvgIpc) is 2.81. The van der Waals surface area contributed by atoms with Crippen LogP contribution in [0, 0.1) is 0 Å². The monoisotopic (exact) mass is 344 g/mol. The summed E-state index contributed by atoms with van der Waals surface area (Å²) in [6.45, 7) is 4.38. The van der Waals surface area contributed by atoms with Crippen molar-refractivity contribution in [3.05, 3.63) is 34.9 Å². The maximum absolute atomic E-state index is 12.3. The molecule has 0 aliphatic carbocycles. The molecule has 0 bridgehead atoms. The number of nitrogens with zero attached hydrogens (tertiary/aromatic N) is 1. The molecule has 0 aromatic heterocycles. The number of ether oxygens (including phenoxy) is 1. The van der Waals surface area contributed by atoms with Crippen LogP contribution in [0.4, 0.5) is 0 Å². The minimum Gasteiger partial charge on any atom is -0.376 e. The number of morpholine rings is 1. The molecule has 5 nitrogen and oxygen atoms in total. The van der Waals surface area contributed by atoms with Crippen molar-refractivity contribution in [1.29, 1.82) is 0 Å². The summed E-state index contributed by atoms with van der Waals surface area (Å²) in [7, 11) is -3.35. The summed E-state index contributed by atoms with van der Waals surface area (Å²) in [5.41, 5.74) is 0.740. The molecule has 0 amide bonds. The zero-order valence-electron chi connectivity index (χ0n) is 12.5. The Labute approximate surface area is 136 Å². The number of hydrogen-bond acceptors (Lipinski definition) is 4. The molecule has 3 atom stereocenters. The zero-order valence-corrected chi connectivity index (χ0v) is 14.1. The van der Waals surface area contributed by atoms with Gasteiger partial charge in [-0.2, -0.15) is 0 Å². The maximum atomic E-state index is 12.3. The minimum absolute atomic E-state index is 0.0156. The highest BCUT2D eigenvalue weighted by atomic mass is 35.5. The van der Waals surface area contributed by atoms with Gasteiger partial charge in [-0.05, 0) is 31.0 Å². The minimum atomic E-state index is -3.35. The third-order valence-corrected chi connectivity index (χ3v) is 5.87. The van der Waals surface area contributed by atoms with E-state index in [9.17, 15) is 8.42 Å². The molecule has 22 heavy (non-hydrogen) atoms. The second-order valence-corrected chi connectivity index (χ2v) is 8.38. The second kappa shape index (κ2) is 6.45. The second-order valence-electron chi connectivity index (χ2n) is 6.19. The van der Waals surface area contributed by atoms with E-state index < -0.39 is 10.0 Å². The Kier molecular flexibility index (Phi) is 4.75. The van der Waals surface area contributed by atoms with Crippen molar-refractivity contribution in [1.82, 2.24) is 9.62 Å². The summed E-state index contributed by atoms with van der Waals surface area (Å²) in [4.78, 5) is 2.32. The quantitative estimate of drug-likeness (QED) is 0.901. The van der Waals surface area contributed by atoms with Crippen molar-refractivity contribution in [3.63, 3.8) is 0 Å². The van der Waals surface area contributed by atoms with Gasteiger partial charge >= 0.3 is 0 Å². The molecular formula is C15H21ClN2O3S. The van der Waals surface area contributed by atoms with Crippen LogP contribution in [-0.2, 0) is 20.5 Å². The van der Waals surface area contributed by atoms with Crippen molar-refractivity contribution < 1.29 is 13.2 Å². The molecule has 2 heterocycles. The van der Waals surface area contributed by atoms with E-state index in [1.807, 2.05) is 6.92 Å². The van der Waals surface area contributed by atoms with Gasteiger partial charge in [0, 0.05) is 30.2 Å². The lowest BCUT2D eigenvalue weighted by Crippen LogP contribution is -2.45. The Morgan fingerprint density at radius 1 is 1.32 bits per heavy atom. The van der Waals surface area contributed by atoms with Gasteiger partial charge in [-0.15, -0.1) is 0 Å². The topological polar surface area (TPSA) is 58.6 Å². The number of sulfonamides is 1. The van der Waals surface area contributed by atoms with E-state index in [0.717, 1.165) is 25.1 Å². The molecule has 122 valence electrons. The van der Waals surface area contributed by atoms with E-state index in [-0.39, 0.29) is 17.9 Å². The predicted octanol–water partition coefficient (Wildman–Crippen LogP) is 1.62. The molecule has 7 heteroatoms. The van der Waals surface area contributed by atoms with Crippen LogP contribution in [0.25, 0.3) is 0 Å². The molecule has 2 fully saturated rings. The van der Waals surface area contributed by atoms with Crippen molar-refractivity contribution in [2.75, 3.05) is 19.7 Å². The summed E-state index contributed by atoms with van der Waals surface area (Å²) in [5, 5.41) is 0.607. The summed E-state index contributed by atoms with van der Waals surface area (Å²) in [6, 6.07) is 7.21. The summed E-state index contributed by atoms with van der Waals surface area (Å²) in [5.74, 6) is -0.0156. The molecule has 1 N–H and O–H groups in total. The van der Waals surface area contributed by atoms with E-state index in [4.69, 9.17) is 16.3 Å². The van der Waals surface area contributed by atoms with Gasteiger partial charge in [0.05, 0.1) is 18.5 Å². The van der Waals surface area contributed by atoms with Gasteiger partial charge < -0.3 is 4.74 Å². The van der Waals surface area contributed by atoms with Crippen LogP contribution in [0.3, 0.4) is 0 Å². The van der Waals surface area contributed by atoms with Crippen LogP contribution in [0.15, 0.2) is 24.3 Å². The third kappa shape index (κ3) is 4.00. The van der Waals surface area contributed by atoms with E-state index in [2.05, 4.69) is 9.62 Å². The molecule has 0 radical (unpaired) electrons. The fraction of sp³-hybridized carbons (Fsp3) is 0.600.